The van der Waals surface area contributed by atoms with Crippen molar-refractivity contribution in [2.24, 2.45) is 5.92 Å². The van der Waals surface area contributed by atoms with Gasteiger partial charge in [-0.15, -0.1) is 0 Å². The van der Waals surface area contributed by atoms with Crippen LogP contribution in [0.5, 0.6) is 0 Å². The van der Waals surface area contributed by atoms with E-state index in [1.807, 2.05) is 13.8 Å². The van der Waals surface area contributed by atoms with E-state index in [4.69, 9.17) is 14.2 Å². The monoisotopic (exact) mass is 302 g/mol. The average Bonchev–Trinajstić information content (AvgIpc) is 2.44. The van der Waals surface area contributed by atoms with Crippen molar-refractivity contribution >= 4 is 5.97 Å². The first-order chi connectivity index (χ1) is 10.1. The van der Waals surface area contributed by atoms with Crippen LogP contribution < -0.4 is 0 Å². The molecule has 0 radical (unpaired) electrons. The van der Waals surface area contributed by atoms with Gasteiger partial charge in [0.05, 0.1) is 19.3 Å². The number of ether oxygens (including phenoxy) is 3. The minimum Gasteiger partial charge on any atom is -0.463 e. The second kappa shape index (κ2) is 14.3. The van der Waals surface area contributed by atoms with Crippen LogP contribution in [-0.2, 0) is 19.0 Å². The van der Waals surface area contributed by atoms with E-state index in [0.717, 1.165) is 6.61 Å². The molecule has 0 saturated heterocycles. The Morgan fingerprint density at radius 1 is 1.00 bits per heavy atom. The fraction of sp³-hybridized carbons (Fsp3) is 0.941. The number of esters is 1. The van der Waals surface area contributed by atoms with E-state index in [1.165, 1.54) is 25.7 Å². The highest BCUT2D eigenvalue weighted by Gasteiger charge is 2.06. The first kappa shape index (κ1) is 20.4. The number of hydrogen-bond acceptors (Lipinski definition) is 4. The van der Waals surface area contributed by atoms with Crippen molar-refractivity contribution < 1.29 is 19.0 Å². The van der Waals surface area contributed by atoms with E-state index < -0.39 is 0 Å². The predicted octanol–water partition coefficient (Wildman–Crippen LogP) is 3.97. The van der Waals surface area contributed by atoms with E-state index in [1.54, 1.807) is 0 Å². The van der Waals surface area contributed by atoms with Gasteiger partial charge in [0.2, 0.25) is 0 Å². The highest BCUT2D eigenvalue weighted by atomic mass is 16.5. The summed E-state index contributed by atoms with van der Waals surface area (Å²) in [4.78, 5) is 11.3. The third-order valence-corrected chi connectivity index (χ3v) is 3.31. The van der Waals surface area contributed by atoms with Gasteiger partial charge >= 0.3 is 5.97 Å². The Bertz CT molecular complexity index is 241. The zero-order valence-electron chi connectivity index (χ0n) is 14.4. The van der Waals surface area contributed by atoms with Gasteiger partial charge in [0, 0.05) is 19.6 Å². The molecule has 0 saturated carbocycles. The quantitative estimate of drug-likeness (QED) is 0.360. The fourth-order valence-electron chi connectivity index (χ4n) is 2.01. The van der Waals surface area contributed by atoms with Gasteiger partial charge in [0.1, 0.15) is 0 Å². The summed E-state index contributed by atoms with van der Waals surface area (Å²) in [5.41, 5.74) is 0. The maximum Gasteiger partial charge on any atom is 0.306 e. The Kier molecular flexibility index (Phi) is 13.9. The van der Waals surface area contributed by atoms with Gasteiger partial charge in [0.15, 0.2) is 0 Å². The topological polar surface area (TPSA) is 44.8 Å². The van der Waals surface area contributed by atoms with Crippen LogP contribution >= 0.6 is 0 Å². The predicted molar refractivity (Wildman–Crippen MR) is 85.4 cm³/mol. The van der Waals surface area contributed by atoms with Crippen LogP contribution in [0, 0.1) is 5.92 Å². The Hall–Kier alpha value is -0.610. The Morgan fingerprint density at radius 3 is 2.33 bits per heavy atom. The van der Waals surface area contributed by atoms with Crippen molar-refractivity contribution in [3.63, 3.8) is 0 Å². The molecule has 0 aromatic rings. The summed E-state index contributed by atoms with van der Waals surface area (Å²) in [6.07, 6.45) is 6.06. The summed E-state index contributed by atoms with van der Waals surface area (Å²) in [6.45, 7) is 10.8. The number of unbranched alkanes of at least 4 members (excludes halogenated alkanes) is 1. The van der Waals surface area contributed by atoms with Crippen molar-refractivity contribution in [1.29, 1.82) is 0 Å². The maximum atomic E-state index is 11.3. The largest absolute Gasteiger partial charge is 0.463 e. The van der Waals surface area contributed by atoms with Gasteiger partial charge < -0.3 is 14.2 Å². The smallest absolute Gasteiger partial charge is 0.306 e. The van der Waals surface area contributed by atoms with Gasteiger partial charge in [-0.2, -0.15) is 0 Å². The van der Waals surface area contributed by atoms with Crippen LogP contribution in [0.4, 0.5) is 0 Å². The number of rotatable bonds is 14. The second-order valence-electron chi connectivity index (χ2n) is 5.75. The lowest BCUT2D eigenvalue weighted by molar-refractivity contribution is -0.147. The second-order valence-corrected chi connectivity index (χ2v) is 5.75. The molecule has 0 amide bonds. The van der Waals surface area contributed by atoms with Crippen molar-refractivity contribution in [2.45, 2.75) is 72.3 Å². The van der Waals surface area contributed by atoms with Crippen molar-refractivity contribution in [1.82, 2.24) is 0 Å². The van der Waals surface area contributed by atoms with Crippen LogP contribution in [0.3, 0.4) is 0 Å². The first-order valence-electron chi connectivity index (χ1n) is 8.45. The van der Waals surface area contributed by atoms with Crippen LogP contribution in [0.2, 0.25) is 0 Å². The molecular formula is C17H34O4. The minimum atomic E-state index is -0.147. The van der Waals surface area contributed by atoms with E-state index in [9.17, 15) is 4.79 Å². The summed E-state index contributed by atoms with van der Waals surface area (Å²) < 4.78 is 16.1. The zero-order chi connectivity index (χ0) is 15.9. The van der Waals surface area contributed by atoms with Crippen molar-refractivity contribution in [3.8, 4) is 0 Å². The van der Waals surface area contributed by atoms with Gasteiger partial charge in [0.25, 0.3) is 0 Å². The number of hydrogen-bond donors (Lipinski definition) is 0. The van der Waals surface area contributed by atoms with E-state index >= 15 is 0 Å². The van der Waals surface area contributed by atoms with Gasteiger partial charge in [-0.25, -0.2) is 0 Å². The lowest BCUT2D eigenvalue weighted by Crippen LogP contribution is -2.14. The average molecular weight is 302 g/mol. The van der Waals surface area contributed by atoms with E-state index in [-0.39, 0.29) is 12.1 Å². The van der Waals surface area contributed by atoms with Gasteiger partial charge in [-0.3, -0.25) is 4.79 Å². The molecule has 126 valence electrons. The summed E-state index contributed by atoms with van der Waals surface area (Å²) in [5.74, 6) is 0.530. The van der Waals surface area contributed by atoms with E-state index in [0.29, 0.717) is 38.6 Å². The molecule has 0 aliphatic rings. The van der Waals surface area contributed by atoms with Crippen LogP contribution in [0.15, 0.2) is 0 Å². The lowest BCUT2D eigenvalue weighted by Gasteiger charge is -2.14. The number of carbonyl (C=O) groups excluding carboxylic acids is 1. The normalized spacial score (nSPS) is 12.6. The van der Waals surface area contributed by atoms with Crippen LogP contribution in [-0.4, -0.2) is 38.5 Å². The summed E-state index contributed by atoms with van der Waals surface area (Å²) in [5, 5.41) is 0. The minimum absolute atomic E-state index is 0.0361. The zero-order valence-corrected chi connectivity index (χ0v) is 14.4. The standard InChI is InChI=1S/C17H34O4/c1-5-7-9-16(6-2)14-20-13-12-19-11-8-10-17(18)21-15(3)4/h15-16H,5-14H2,1-4H3. The molecule has 0 fully saturated rings. The third kappa shape index (κ3) is 14.1. The fourth-order valence-corrected chi connectivity index (χ4v) is 2.01. The van der Waals surface area contributed by atoms with Gasteiger partial charge in [-0.1, -0.05) is 33.1 Å². The molecule has 1 unspecified atom stereocenters. The molecule has 0 bridgehead atoms. The van der Waals surface area contributed by atoms with Crippen LogP contribution in [0.25, 0.3) is 0 Å². The molecule has 1 atom stereocenters. The molecule has 0 aliphatic heterocycles. The molecule has 4 nitrogen and oxygen atoms in total. The third-order valence-electron chi connectivity index (χ3n) is 3.31. The summed E-state index contributed by atoms with van der Waals surface area (Å²) in [6, 6.07) is 0. The highest BCUT2D eigenvalue weighted by molar-refractivity contribution is 5.69. The maximum absolute atomic E-state index is 11.3. The molecule has 0 N–H and O–H groups in total. The lowest BCUT2D eigenvalue weighted by atomic mass is 10.0. The molecule has 0 aromatic heterocycles. The van der Waals surface area contributed by atoms with Crippen molar-refractivity contribution in [3.05, 3.63) is 0 Å². The Morgan fingerprint density at radius 2 is 1.71 bits per heavy atom. The Balaban J connectivity index is 3.33. The van der Waals surface area contributed by atoms with Crippen molar-refractivity contribution in [2.75, 3.05) is 26.4 Å². The SMILES string of the molecule is CCCCC(CC)COCCOCCCC(=O)OC(C)C. The molecule has 4 heteroatoms. The van der Waals surface area contributed by atoms with E-state index in [2.05, 4.69) is 13.8 Å². The number of carbonyl (C=O) groups is 1. The Labute approximate surface area is 130 Å². The van der Waals surface area contributed by atoms with Crippen LogP contribution in [0.1, 0.15) is 66.2 Å². The molecule has 0 heterocycles. The summed E-state index contributed by atoms with van der Waals surface area (Å²) >= 11 is 0. The molecule has 0 spiro atoms. The highest BCUT2D eigenvalue weighted by Crippen LogP contribution is 2.12. The summed E-state index contributed by atoms with van der Waals surface area (Å²) in [7, 11) is 0. The molecule has 0 aliphatic carbocycles. The molecular weight excluding hydrogens is 268 g/mol. The molecule has 0 aromatic carbocycles. The molecule has 21 heavy (non-hydrogen) atoms. The first-order valence-corrected chi connectivity index (χ1v) is 8.45. The molecule has 0 rings (SSSR count). The van der Waals surface area contributed by atoms with Gasteiger partial charge in [-0.05, 0) is 32.6 Å².